The number of aromatic nitrogens is 1. The van der Waals surface area contributed by atoms with Gasteiger partial charge >= 0.3 is 0 Å². The van der Waals surface area contributed by atoms with Crippen LogP contribution < -0.4 is 0 Å². The Morgan fingerprint density at radius 3 is 2.44 bits per heavy atom. The fraction of sp³-hybridized carbons (Fsp3) is 0.182. The molecule has 2 heterocycles. The van der Waals surface area contributed by atoms with Gasteiger partial charge in [-0.05, 0) is 43.3 Å². The summed E-state index contributed by atoms with van der Waals surface area (Å²) >= 11 is 1.01. The van der Waals surface area contributed by atoms with E-state index in [-0.39, 0.29) is 11.1 Å². The van der Waals surface area contributed by atoms with Gasteiger partial charge in [0.1, 0.15) is 0 Å². The van der Waals surface area contributed by atoms with Crippen LogP contribution in [0.25, 0.3) is 17.0 Å². The number of para-hydroxylation sites is 1. The molecule has 4 nitrogen and oxygen atoms in total. The van der Waals surface area contributed by atoms with E-state index in [1.165, 1.54) is 4.90 Å². The van der Waals surface area contributed by atoms with Gasteiger partial charge in [-0.3, -0.25) is 14.5 Å². The number of imide groups is 1. The summed E-state index contributed by atoms with van der Waals surface area (Å²) < 4.78 is 2.11. The maximum absolute atomic E-state index is 12.9. The predicted molar refractivity (Wildman–Crippen MR) is 110 cm³/mol. The van der Waals surface area contributed by atoms with E-state index in [0.717, 1.165) is 45.0 Å². The zero-order valence-corrected chi connectivity index (χ0v) is 16.3. The summed E-state index contributed by atoms with van der Waals surface area (Å²) in [7, 11) is 2.01. The Labute approximate surface area is 162 Å². The molecule has 0 unspecified atom stereocenters. The van der Waals surface area contributed by atoms with Gasteiger partial charge in [0.15, 0.2) is 0 Å². The number of thioether (sulfide) groups is 1. The van der Waals surface area contributed by atoms with Crippen molar-refractivity contribution in [1.29, 1.82) is 0 Å². The topological polar surface area (TPSA) is 42.3 Å². The molecule has 1 aliphatic heterocycles. The molecule has 136 valence electrons. The molecule has 3 aromatic rings. The lowest BCUT2D eigenvalue weighted by molar-refractivity contribution is -0.123. The lowest BCUT2D eigenvalue weighted by Gasteiger charge is -2.12. The van der Waals surface area contributed by atoms with Crippen molar-refractivity contribution in [2.75, 3.05) is 0 Å². The number of fused-ring (bicyclic) bond motifs is 1. The molecule has 2 aromatic carbocycles. The van der Waals surface area contributed by atoms with Crippen molar-refractivity contribution in [3.8, 4) is 0 Å². The van der Waals surface area contributed by atoms with Crippen molar-refractivity contribution in [2.45, 2.75) is 20.4 Å². The molecule has 1 saturated heterocycles. The van der Waals surface area contributed by atoms with Crippen LogP contribution in [0.4, 0.5) is 4.79 Å². The molecular weight excluding hydrogens is 356 g/mol. The number of hydrogen-bond donors (Lipinski definition) is 0. The van der Waals surface area contributed by atoms with Crippen LogP contribution in [0.1, 0.15) is 22.4 Å². The number of rotatable bonds is 3. The molecule has 1 aromatic heterocycles. The number of aryl methyl sites for hydroxylation is 2. The number of carbonyl (C=O) groups excluding carboxylic acids is 2. The van der Waals surface area contributed by atoms with Crippen LogP contribution in [0.3, 0.4) is 0 Å². The Bertz CT molecular complexity index is 1090. The Morgan fingerprint density at radius 2 is 1.70 bits per heavy atom. The molecule has 0 spiro atoms. The Morgan fingerprint density at radius 1 is 1.00 bits per heavy atom. The number of carbonyl (C=O) groups is 2. The average molecular weight is 376 g/mol. The van der Waals surface area contributed by atoms with Gasteiger partial charge < -0.3 is 4.57 Å². The molecule has 1 aliphatic rings. The Hall–Kier alpha value is -2.79. The van der Waals surface area contributed by atoms with Gasteiger partial charge in [-0.15, -0.1) is 0 Å². The van der Waals surface area contributed by atoms with Crippen LogP contribution in [0.15, 0.2) is 53.4 Å². The highest BCUT2D eigenvalue weighted by atomic mass is 32.2. The SMILES string of the molecule is Cc1ccc(CN2C(=O)S/C(=C\c3c(C)n(C)c4ccccc34)C2=O)cc1. The molecule has 0 N–H and O–H groups in total. The lowest BCUT2D eigenvalue weighted by Crippen LogP contribution is -2.27. The Kier molecular flexibility index (Phi) is 4.40. The Balaban J connectivity index is 1.68. The van der Waals surface area contributed by atoms with Crippen molar-refractivity contribution in [1.82, 2.24) is 9.47 Å². The van der Waals surface area contributed by atoms with Gasteiger partial charge in [-0.2, -0.15) is 0 Å². The number of benzene rings is 2. The number of nitrogens with zero attached hydrogens (tertiary/aromatic N) is 2. The smallest absolute Gasteiger partial charge is 0.293 e. The first kappa shape index (κ1) is 17.6. The highest BCUT2D eigenvalue weighted by molar-refractivity contribution is 8.18. The predicted octanol–water partition coefficient (Wildman–Crippen LogP) is 5.03. The van der Waals surface area contributed by atoms with Gasteiger partial charge in [0.2, 0.25) is 0 Å². The highest BCUT2D eigenvalue weighted by Crippen LogP contribution is 2.36. The second-order valence-electron chi connectivity index (χ2n) is 6.83. The fourth-order valence-corrected chi connectivity index (χ4v) is 4.20. The van der Waals surface area contributed by atoms with Crippen molar-refractivity contribution < 1.29 is 9.59 Å². The summed E-state index contributed by atoms with van der Waals surface area (Å²) in [5.41, 5.74) is 5.28. The van der Waals surface area contributed by atoms with Gasteiger partial charge in [0, 0.05) is 29.2 Å². The second kappa shape index (κ2) is 6.74. The summed E-state index contributed by atoms with van der Waals surface area (Å²) in [6, 6.07) is 16.0. The third kappa shape index (κ3) is 3.08. The molecule has 0 aliphatic carbocycles. The van der Waals surface area contributed by atoms with Crippen LogP contribution in [0.2, 0.25) is 0 Å². The largest absolute Gasteiger partial charge is 0.347 e. The average Bonchev–Trinajstić information content (AvgIpc) is 3.07. The third-order valence-electron chi connectivity index (χ3n) is 5.06. The first-order chi connectivity index (χ1) is 13.0. The van der Waals surface area contributed by atoms with E-state index in [1.54, 1.807) is 0 Å². The monoisotopic (exact) mass is 376 g/mol. The minimum Gasteiger partial charge on any atom is -0.347 e. The molecule has 5 heteroatoms. The van der Waals surface area contributed by atoms with Crippen LogP contribution in [0, 0.1) is 13.8 Å². The molecule has 0 saturated carbocycles. The van der Waals surface area contributed by atoms with Gasteiger partial charge in [-0.25, -0.2) is 0 Å². The molecule has 4 rings (SSSR count). The first-order valence-electron chi connectivity index (χ1n) is 8.80. The van der Waals surface area contributed by atoms with Crippen molar-refractivity contribution in [3.63, 3.8) is 0 Å². The van der Waals surface area contributed by atoms with Crippen molar-refractivity contribution in [2.24, 2.45) is 7.05 Å². The van der Waals surface area contributed by atoms with Gasteiger partial charge in [-0.1, -0.05) is 48.0 Å². The quantitative estimate of drug-likeness (QED) is 0.602. The minimum absolute atomic E-state index is 0.218. The van der Waals surface area contributed by atoms with E-state index >= 15 is 0 Å². The summed E-state index contributed by atoms with van der Waals surface area (Å²) in [6.07, 6.45) is 1.86. The van der Waals surface area contributed by atoms with Crippen LogP contribution >= 0.6 is 11.8 Å². The van der Waals surface area contributed by atoms with E-state index in [9.17, 15) is 9.59 Å². The molecule has 0 atom stereocenters. The van der Waals surface area contributed by atoms with E-state index < -0.39 is 0 Å². The van der Waals surface area contributed by atoms with E-state index in [4.69, 9.17) is 0 Å². The summed E-state index contributed by atoms with van der Waals surface area (Å²) in [5, 5.41) is 0.868. The highest BCUT2D eigenvalue weighted by Gasteiger charge is 2.35. The van der Waals surface area contributed by atoms with Crippen LogP contribution in [0.5, 0.6) is 0 Å². The molecule has 1 fully saturated rings. The summed E-state index contributed by atoms with van der Waals surface area (Å²) in [4.78, 5) is 27.1. The molecule has 0 bridgehead atoms. The van der Waals surface area contributed by atoms with Crippen LogP contribution in [-0.2, 0) is 18.4 Å². The van der Waals surface area contributed by atoms with E-state index in [0.29, 0.717) is 11.4 Å². The minimum atomic E-state index is -0.224. The van der Waals surface area contributed by atoms with Crippen LogP contribution in [-0.4, -0.2) is 20.6 Å². The van der Waals surface area contributed by atoms with Gasteiger partial charge in [0.25, 0.3) is 11.1 Å². The maximum atomic E-state index is 12.9. The molecular formula is C22H20N2O2S. The van der Waals surface area contributed by atoms with Crippen molar-refractivity contribution >= 4 is 39.9 Å². The second-order valence-corrected chi connectivity index (χ2v) is 7.82. The lowest BCUT2D eigenvalue weighted by atomic mass is 10.1. The van der Waals surface area contributed by atoms with Gasteiger partial charge in [0.05, 0.1) is 11.4 Å². The molecule has 2 amide bonds. The van der Waals surface area contributed by atoms with E-state index in [2.05, 4.69) is 10.6 Å². The normalized spacial score (nSPS) is 16.1. The summed E-state index contributed by atoms with van der Waals surface area (Å²) in [5.74, 6) is -0.224. The summed E-state index contributed by atoms with van der Waals surface area (Å²) in [6.45, 7) is 4.35. The zero-order chi connectivity index (χ0) is 19.1. The molecule has 0 radical (unpaired) electrons. The fourth-order valence-electron chi connectivity index (χ4n) is 3.38. The maximum Gasteiger partial charge on any atom is 0.293 e. The van der Waals surface area contributed by atoms with E-state index in [1.807, 2.05) is 69.4 Å². The molecule has 27 heavy (non-hydrogen) atoms. The van der Waals surface area contributed by atoms with Crippen molar-refractivity contribution in [3.05, 3.63) is 75.8 Å². The number of hydrogen-bond acceptors (Lipinski definition) is 3. The standard InChI is InChI=1S/C22H20N2O2S/c1-14-8-10-16(11-9-14)13-24-21(25)20(27-22(24)26)12-18-15(2)23(3)19-7-5-4-6-17(18)19/h4-12H,13H2,1-3H3/b20-12-. The first-order valence-corrected chi connectivity index (χ1v) is 9.62. The zero-order valence-electron chi connectivity index (χ0n) is 15.5. The number of amides is 2. The third-order valence-corrected chi connectivity index (χ3v) is 5.97.